The Morgan fingerprint density at radius 2 is 1.67 bits per heavy atom. The number of carbonyl (C=O) groups is 1. The van der Waals surface area contributed by atoms with Crippen LogP contribution in [0.25, 0.3) is 0 Å². The number of benzene rings is 2. The van der Waals surface area contributed by atoms with E-state index in [1.54, 1.807) is 31.2 Å². The lowest BCUT2D eigenvalue weighted by Crippen LogP contribution is -2.33. The quantitative estimate of drug-likeness (QED) is 0.485. The Kier molecular flexibility index (Phi) is 8.72. The molecule has 1 unspecified atom stereocenters. The zero-order valence-electron chi connectivity index (χ0n) is 18.5. The first-order valence-electron chi connectivity index (χ1n) is 10.7. The van der Waals surface area contributed by atoms with E-state index >= 15 is 0 Å². The molecule has 2 N–H and O–H groups in total. The largest absolute Gasteiger partial charge is 0.492 e. The Morgan fingerprint density at radius 3 is 2.27 bits per heavy atom. The van der Waals surface area contributed by atoms with Gasteiger partial charge in [-0.3, -0.25) is 9.69 Å². The molecular weight excluding hydrogens is 444 g/mol. The minimum atomic E-state index is -4.08. The number of nitrogens with one attached hydrogen (secondary N) is 1. The van der Waals surface area contributed by atoms with Crippen LogP contribution < -0.4 is 14.2 Å². The second-order valence-electron chi connectivity index (χ2n) is 7.55. The first-order valence-corrected chi connectivity index (χ1v) is 12.2. The molecule has 0 spiro atoms. The smallest absolute Gasteiger partial charge is 0.326 e. The fourth-order valence-electron chi connectivity index (χ4n) is 3.45. The van der Waals surface area contributed by atoms with Gasteiger partial charge < -0.3 is 14.6 Å². The predicted molar refractivity (Wildman–Crippen MR) is 124 cm³/mol. The monoisotopic (exact) mass is 472 g/mol. The number of carboxylic acids is 1. The summed E-state index contributed by atoms with van der Waals surface area (Å²) in [6.07, 6.45) is 2.43. The third-order valence-corrected chi connectivity index (χ3v) is 6.67. The highest BCUT2D eigenvalue weighted by Crippen LogP contribution is 2.22. The maximum Gasteiger partial charge on any atom is 0.326 e. The van der Waals surface area contributed by atoms with Gasteiger partial charge in [0.25, 0.3) is 0 Å². The fraction of sp³-hybridized carbons (Fsp3) is 0.375. The molecule has 33 heavy (non-hydrogen) atoms. The van der Waals surface area contributed by atoms with Gasteiger partial charge in [-0.1, -0.05) is 18.1 Å². The number of ether oxygens (including phenoxy) is 2. The van der Waals surface area contributed by atoms with Gasteiger partial charge in [-0.15, -0.1) is 5.92 Å². The van der Waals surface area contributed by atoms with Crippen molar-refractivity contribution in [1.82, 2.24) is 9.62 Å². The number of sulfonamides is 1. The SMILES string of the molecule is CC#CCOc1ccc(S(=O)(=O)NC(C(=O)O)c2ccc(OCCN3CCCC3)cc2)cc1. The summed E-state index contributed by atoms with van der Waals surface area (Å²) in [5.74, 6) is 5.21. The van der Waals surface area contributed by atoms with E-state index in [9.17, 15) is 18.3 Å². The molecule has 3 rings (SSSR count). The van der Waals surface area contributed by atoms with Gasteiger partial charge in [-0.25, -0.2) is 8.42 Å². The molecule has 0 aromatic heterocycles. The van der Waals surface area contributed by atoms with Crippen LogP contribution in [0, 0.1) is 11.8 Å². The van der Waals surface area contributed by atoms with Crippen LogP contribution in [-0.4, -0.2) is 57.2 Å². The molecule has 1 aliphatic rings. The standard InChI is InChI=1S/C24H28N2O6S/c1-2-3-17-31-21-10-12-22(13-11-21)33(29,30)25-23(24(27)28)19-6-8-20(9-7-19)32-18-16-26-14-4-5-15-26/h6-13,23,25H,4-5,14-18H2,1H3,(H,27,28). The van der Waals surface area contributed by atoms with Crippen molar-refractivity contribution in [3.05, 3.63) is 54.1 Å². The molecule has 0 bridgehead atoms. The summed E-state index contributed by atoms with van der Waals surface area (Å²) >= 11 is 0. The Hall–Kier alpha value is -3.06. The summed E-state index contributed by atoms with van der Waals surface area (Å²) in [4.78, 5) is 14.1. The maximum absolute atomic E-state index is 12.8. The van der Waals surface area contributed by atoms with Crippen LogP contribution in [0.15, 0.2) is 53.4 Å². The lowest BCUT2D eigenvalue weighted by Gasteiger charge is -2.17. The molecule has 1 atom stereocenters. The summed E-state index contributed by atoms with van der Waals surface area (Å²) in [6.45, 7) is 5.45. The molecule has 0 saturated carbocycles. The van der Waals surface area contributed by atoms with Crippen molar-refractivity contribution < 1.29 is 27.8 Å². The van der Waals surface area contributed by atoms with Crippen molar-refractivity contribution in [1.29, 1.82) is 0 Å². The average molecular weight is 473 g/mol. The minimum absolute atomic E-state index is 0.0652. The molecule has 176 valence electrons. The molecule has 2 aromatic carbocycles. The summed E-state index contributed by atoms with van der Waals surface area (Å²) < 4.78 is 38.9. The van der Waals surface area contributed by atoms with Crippen molar-refractivity contribution >= 4 is 16.0 Å². The van der Waals surface area contributed by atoms with Crippen molar-refractivity contribution in [2.24, 2.45) is 0 Å². The van der Waals surface area contributed by atoms with Crippen molar-refractivity contribution in [2.75, 3.05) is 32.8 Å². The molecule has 1 heterocycles. The third-order valence-electron chi connectivity index (χ3n) is 5.23. The Balaban J connectivity index is 1.62. The van der Waals surface area contributed by atoms with E-state index < -0.39 is 22.0 Å². The van der Waals surface area contributed by atoms with Gasteiger partial charge in [0.15, 0.2) is 0 Å². The van der Waals surface area contributed by atoms with Gasteiger partial charge in [-0.2, -0.15) is 4.72 Å². The van der Waals surface area contributed by atoms with Gasteiger partial charge in [0, 0.05) is 6.54 Å². The average Bonchev–Trinajstić information content (AvgIpc) is 3.32. The number of hydrogen-bond donors (Lipinski definition) is 2. The third kappa shape index (κ3) is 7.22. The first-order chi connectivity index (χ1) is 15.9. The van der Waals surface area contributed by atoms with E-state index in [2.05, 4.69) is 21.5 Å². The maximum atomic E-state index is 12.8. The number of carboxylic acid groups (broad SMARTS) is 1. The molecule has 0 aliphatic carbocycles. The molecule has 9 heteroatoms. The van der Waals surface area contributed by atoms with Crippen LogP contribution in [0.1, 0.15) is 31.4 Å². The van der Waals surface area contributed by atoms with Crippen LogP contribution in [-0.2, 0) is 14.8 Å². The lowest BCUT2D eigenvalue weighted by molar-refractivity contribution is -0.139. The van der Waals surface area contributed by atoms with E-state index in [0.717, 1.165) is 19.6 Å². The van der Waals surface area contributed by atoms with Gasteiger partial charge in [0.05, 0.1) is 4.90 Å². The second-order valence-corrected chi connectivity index (χ2v) is 9.26. The molecule has 1 aliphatic heterocycles. The second kappa shape index (κ2) is 11.7. The number of rotatable bonds is 11. The van der Waals surface area contributed by atoms with Crippen molar-refractivity contribution in [3.8, 4) is 23.3 Å². The lowest BCUT2D eigenvalue weighted by atomic mass is 10.1. The number of aliphatic carboxylic acids is 1. The van der Waals surface area contributed by atoms with E-state index in [1.807, 2.05) is 0 Å². The summed E-state index contributed by atoms with van der Waals surface area (Å²) in [5, 5.41) is 9.64. The van der Waals surface area contributed by atoms with E-state index in [4.69, 9.17) is 9.47 Å². The predicted octanol–water partition coefficient (Wildman–Crippen LogP) is 2.67. The summed E-state index contributed by atoms with van der Waals surface area (Å²) in [5.41, 5.74) is 0.302. The van der Waals surface area contributed by atoms with Crippen LogP contribution >= 0.6 is 0 Å². The zero-order chi connectivity index (χ0) is 23.7. The van der Waals surface area contributed by atoms with Gasteiger partial charge >= 0.3 is 5.97 Å². The van der Waals surface area contributed by atoms with E-state index in [-0.39, 0.29) is 11.5 Å². The number of nitrogens with zero attached hydrogens (tertiary/aromatic N) is 1. The Bertz CT molecular complexity index is 1080. The van der Waals surface area contributed by atoms with Gasteiger partial charge in [-0.05, 0) is 74.8 Å². The van der Waals surface area contributed by atoms with E-state index in [0.29, 0.717) is 23.7 Å². The van der Waals surface area contributed by atoms with Crippen molar-refractivity contribution in [3.63, 3.8) is 0 Å². The fourth-order valence-corrected chi connectivity index (χ4v) is 4.62. The highest BCUT2D eigenvalue weighted by Gasteiger charge is 2.27. The van der Waals surface area contributed by atoms with Gasteiger partial charge in [0.1, 0.15) is 30.8 Å². The highest BCUT2D eigenvalue weighted by molar-refractivity contribution is 7.89. The molecule has 1 fully saturated rings. The van der Waals surface area contributed by atoms with Crippen LogP contribution in [0.5, 0.6) is 11.5 Å². The zero-order valence-corrected chi connectivity index (χ0v) is 19.3. The number of hydrogen-bond acceptors (Lipinski definition) is 6. The van der Waals surface area contributed by atoms with Crippen molar-refractivity contribution in [2.45, 2.75) is 30.7 Å². The highest BCUT2D eigenvalue weighted by atomic mass is 32.2. The van der Waals surface area contributed by atoms with Crippen LogP contribution in [0.2, 0.25) is 0 Å². The molecule has 0 radical (unpaired) electrons. The van der Waals surface area contributed by atoms with Crippen LogP contribution in [0.3, 0.4) is 0 Å². The topological polar surface area (TPSA) is 105 Å². The first kappa shape index (κ1) is 24.6. The normalized spacial score (nSPS) is 14.8. The molecule has 1 saturated heterocycles. The summed E-state index contributed by atoms with van der Waals surface area (Å²) in [7, 11) is -4.08. The van der Waals surface area contributed by atoms with Crippen LogP contribution in [0.4, 0.5) is 0 Å². The molecule has 0 amide bonds. The Morgan fingerprint density at radius 1 is 1.06 bits per heavy atom. The summed E-state index contributed by atoms with van der Waals surface area (Å²) in [6, 6.07) is 10.7. The molecule has 2 aromatic rings. The molecular formula is C24H28N2O6S. The minimum Gasteiger partial charge on any atom is -0.492 e. The van der Waals surface area contributed by atoms with Gasteiger partial charge in [0.2, 0.25) is 10.0 Å². The molecule has 8 nitrogen and oxygen atoms in total. The van der Waals surface area contributed by atoms with E-state index in [1.165, 1.54) is 37.1 Å². The number of likely N-dealkylation sites (tertiary alicyclic amines) is 1. The Labute approximate surface area is 194 Å².